The second-order valence-corrected chi connectivity index (χ2v) is 13.2. The molecule has 0 atom stereocenters. The fourth-order valence-corrected chi connectivity index (χ4v) is 7.40. The number of para-hydroxylation sites is 2. The van der Waals surface area contributed by atoms with Gasteiger partial charge in [0.15, 0.2) is 17.5 Å². The van der Waals surface area contributed by atoms with Crippen LogP contribution < -0.4 is 4.90 Å². The molecule has 0 saturated carbocycles. The topological polar surface area (TPSA) is 55.1 Å². The molecule has 5 nitrogen and oxygen atoms in total. The van der Waals surface area contributed by atoms with Gasteiger partial charge in [0.05, 0.1) is 5.69 Å². The summed E-state index contributed by atoms with van der Waals surface area (Å²) >= 11 is 0. The van der Waals surface area contributed by atoms with Crippen molar-refractivity contribution in [2.45, 2.75) is 0 Å². The molecule has 254 valence electrons. The predicted octanol–water partition coefficient (Wildman–Crippen LogP) is 13.1. The lowest BCUT2D eigenvalue weighted by Crippen LogP contribution is -2.10. The second-order valence-electron chi connectivity index (χ2n) is 13.2. The van der Waals surface area contributed by atoms with Gasteiger partial charge in [0.2, 0.25) is 0 Å². The molecule has 0 amide bonds. The molecule has 0 unspecified atom stereocenters. The summed E-state index contributed by atoms with van der Waals surface area (Å²) in [5.41, 5.74) is 9.73. The summed E-state index contributed by atoms with van der Waals surface area (Å²) in [7, 11) is 0. The molecule has 0 aliphatic rings. The number of rotatable bonds is 7. The SMILES string of the molecule is c1ccc(-c2ccc(-c3nc(-c4ccccc4)nc(-c4cccc5oc6cc(N(c7ccccc7)c7ccccc7)c7ccccc7c6c45)n3)cc2)cc1. The molecule has 10 aromatic rings. The van der Waals surface area contributed by atoms with Crippen molar-refractivity contribution in [1.29, 1.82) is 0 Å². The molecule has 2 aromatic heterocycles. The van der Waals surface area contributed by atoms with Crippen LogP contribution in [-0.4, -0.2) is 15.0 Å². The smallest absolute Gasteiger partial charge is 0.164 e. The zero-order chi connectivity index (χ0) is 35.8. The van der Waals surface area contributed by atoms with Crippen LogP contribution in [-0.2, 0) is 0 Å². The van der Waals surface area contributed by atoms with Gasteiger partial charge < -0.3 is 9.32 Å². The standard InChI is InChI=1S/C49H32N4O/c1-5-16-33(17-6-1)34-28-30-36(31-29-34)48-50-47(35-18-7-2-8-19-35)51-49(52-48)41-26-15-27-43-46(41)45-40-25-14-13-24-39(40)42(32-44(45)54-43)53(37-20-9-3-10-21-37)38-22-11-4-12-23-38/h1-32H. The first-order chi connectivity index (χ1) is 26.8. The van der Waals surface area contributed by atoms with Crippen LogP contribution >= 0.6 is 0 Å². The van der Waals surface area contributed by atoms with Gasteiger partial charge in [0.25, 0.3) is 0 Å². The summed E-state index contributed by atoms with van der Waals surface area (Å²) < 4.78 is 6.77. The predicted molar refractivity (Wildman–Crippen MR) is 221 cm³/mol. The van der Waals surface area contributed by atoms with Gasteiger partial charge >= 0.3 is 0 Å². The Morgan fingerprint density at radius 1 is 0.352 bits per heavy atom. The molecular formula is C49H32N4O. The van der Waals surface area contributed by atoms with Crippen molar-refractivity contribution in [2.24, 2.45) is 0 Å². The van der Waals surface area contributed by atoms with Crippen molar-refractivity contribution >= 4 is 49.8 Å². The second kappa shape index (κ2) is 13.3. The highest BCUT2D eigenvalue weighted by Gasteiger charge is 2.23. The van der Waals surface area contributed by atoms with E-state index in [1.54, 1.807) is 0 Å². The van der Waals surface area contributed by atoms with Crippen molar-refractivity contribution < 1.29 is 4.42 Å². The van der Waals surface area contributed by atoms with Crippen LogP contribution in [0.5, 0.6) is 0 Å². The number of anilines is 3. The monoisotopic (exact) mass is 692 g/mol. The van der Waals surface area contributed by atoms with Crippen molar-refractivity contribution in [3.63, 3.8) is 0 Å². The Morgan fingerprint density at radius 2 is 0.833 bits per heavy atom. The van der Waals surface area contributed by atoms with Crippen LogP contribution in [0.2, 0.25) is 0 Å². The lowest BCUT2D eigenvalue weighted by atomic mass is 9.98. The van der Waals surface area contributed by atoms with E-state index in [2.05, 4.69) is 138 Å². The van der Waals surface area contributed by atoms with Crippen molar-refractivity contribution in [3.8, 4) is 45.3 Å². The first-order valence-corrected chi connectivity index (χ1v) is 18.0. The maximum absolute atomic E-state index is 6.77. The van der Waals surface area contributed by atoms with Crippen LogP contribution in [0.1, 0.15) is 0 Å². The molecule has 0 saturated heterocycles. The molecule has 0 radical (unpaired) electrons. The number of furan rings is 1. The lowest BCUT2D eigenvalue weighted by Gasteiger charge is -2.27. The Morgan fingerprint density at radius 3 is 1.46 bits per heavy atom. The third-order valence-electron chi connectivity index (χ3n) is 9.91. The maximum Gasteiger partial charge on any atom is 0.164 e. The third-order valence-corrected chi connectivity index (χ3v) is 9.91. The van der Waals surface area contributed by atoms with E-state index in [-0.39, 0.29) is 0 Å². The van der Waals surface area contributed by atoms with Gasteiger partial charge in [-0.1, -0.05) is 158 Å². The van der Waals surface area contributed by atoms with Gasteiger partial charge in [-0.15, -0.1) is 0 Å². The Kier molecular flexibility index (Phi) is 7.73. The molecule has 8 aromatic carbocycles. The lowest BCUT2D eigenvalue weighted by molar-refractivity contribution is 0.669. The number of hydrogen-bond donors (Lipinski definition) is 0. The Bertz CT molecular complexity index is 2870. The van der Waals surface area contributed by atoms with Crippen molar-refractivity contribution in [2.75, 3.05) is 4.90 Å². The number of benzene rings is 8. The van der Waals surface area contributed by atoms with Crippen LogP contribution in [0.25, 0.3) is 78.0 Å². The van der Waals surface area contributed by atoms with E-state index in [4.69, 9.17) is 19.4 Å². The average molecular weight is 693 g/mol. The maximum atomic E-state index is 6.77. The molecule has 5 heteroatoms. The van der Waals surface area contributed by atoms with Crippen molar-refractivity contribution in [3.05, 3.63) is 194 Å². The van der Waals surface area contributed by atoms with E-state index >= 15 is 0 Å². The van der Waals surface area contributed by atoms with Gasteiger partial charge in [0.1, 0.15) is 11.2 Å². The number of hydrogen-bond acceptors (Lipinski definition) is 5. The molecule has 0 fully saturated rings. The molecule has 54 heavy (non-hydrogen) atoms. The largest absolute Gasteiger partial charge is 0.456 e. The minimum Gasteiger partial charge on any atom is -0.456 e. The number of aromatic nitrogens is 3. The molecule has 0 spiro atoms. The van der Waals surface area contributed by atoms with Crippen LogP contribution in [0.15, 0.2) is 199 Å². The minimum absolute atomic E-state index is 0.586. The molecule has 0 N–H and O–H groups in total. The molecule has 10 rings (SSSR count). The highest BCUT2D eigenvalue weighted by atomic mass is 16.3. The summed E-state index contributed by atoms with van der Waals surface area (Å²) in [5.74, 6) is 1.81. The summed E-state index contributed by atoms with van der Waals surface area (Å²) in [6.07, 6.45) is 0. The van der Waals surface area contributed by atoms with Gasteiger partial charge in [-0.3, -0.25) is 0 Å². The molecule has 2 heterocycles. The summed E-state index contributed by atoms with van der Waals surface area (Å²) in [4.78, 5) is 17.6. The molecule has 0 aliphatic carbocycles. The summed E-state index contributed by atoms with van der Waals surface area (Å²) in [5, 5.41) is 4.19. The van der Waals surface area contributed by atoms with E-state index in [0.29, 0.717) is 17.5 Å². The molecular weight excluding hydrogens is 661 g/mol. The normalized spacial score (nSPS) is 11.3. The zero-order valence-electron chi connectivity index (χ0n) is 29.2. The Labute approximate surface area is 312 Å². The van der Waals surface area contributed by atoms with Gasteiger partial charge in [0, 0.05) is 50.3 Å². The van der Waals surface area contributed by atoms with Gasteiger partial charge in [-0.25, -0.2) is 15.0 Å². The van der Waals surface area contributed by atoms with Crippen LogP contribution in [0.4, 0.5) is 17.1 Å². The van der Waals surface area contributed by atoms with E-state index in [1.165, 1.54) is 0 Å². The number of fused-ring (bicyclic) bond motifs is 5. The van der Waals surface area contributed by atoms with Crippen molar-refractivity contribution in [1.82, 2.24) is 15.0 Å². The fourth-order valence-electron chi connectivity index (χ4n) is 7.40. The third kappa shape index (κ3) is 5.56. The van der Waals surface area contributed by atoms with E-state index in [1.807, 2.05) is 60.7 Å². The highest BCUT2D eigenvalue weighted by molar-refractivity contribution is 6.25. The van der Waals surface area contributed by atoms with E-state index < -0.39 is 0 Å². The molecule has 0 aliphatic heterocycles. The minimum atomic E-state index is 0.586. The Balaban J connectivity index is 1.20. The first-order valence-electron chi connectivity index (χ1n) is 18.0. The summed E-state index contributed by atoms with van der Waals surface area (Å²) in [6.45, 7) is 0. The number of nitrogens with zero attached hydrogens (tertiary/aromatic N) is 4. The van der Waals surface area contributed by atoms with E-state index in [9.17, 15) is 0 Å². The fraction of sp³-hybridized carbons (Fsp3) is 0. The molecule has 0 bridgehead atoms. The zero-order valence-corrected chi connectivity index (χ0v) is 29.2. The average Bonchev–Trinajstić information content (AvgIpc) is 3.64. The first kappa shape index (κ1) is 31.4. The Hall–Kier alpha value is -7.37. The van der Waals surface area contributed by atoms with Crippen LogP contribution in [0, 0.1) is 0 Å². The van der Waals surface area contributed by atoms with Gasteiger partial charge in [-0.05, 0) is 46.8 Å². The van der Waals surface area contributed by atoms with E-state index in [0.717, 1.165) is 77.6 Å². The summed E-state index contributed by atoms with van der Waals surface area (Å²) in [6, 6.07) is 66.7. The highest BCUT2D eigenvalue weighted by Crippen LogP contribution is 2.46. The van der Waals surface area contributed by atoms with Gasteiger partial charge in [-0.2, -0.15) is 0 Å². The van der Waals surface area contributed by atoms with Crippen LogP contribution in [0.3, 0.4) is 0 Å². The quantitative estimate of drug-likeness (QED) is 0.166.